The molecular formula is C15H23BrCl2N4O2. The molecule has 1 saturated heterocycles. The van der Waals surface area contributed by atoms with Gasteiger partial charge in [-0.3, -0.25) is 14.6 Å². The highest BCUT2D eigenvalue weighted by Crippen LogP contribution is 2.20. The van der Waals surface area contributed by atoms with Crippen molar-refractivity contribution in [2.45, 2.75) is 31.7 Å². The zero-order valence-electron chi connectivity index (χ0n) is 13.2. The Morgan fingerprint density at radius 3 is 2.75 bits per heavy atom. The van der Waals surface area contributed by atoms with Gasteiger partial charge in [0.2, 0.25) is 5.91 Å². The summed E-state index contributed by atoms with van der Waals surface area (Å²) in [5.41, 5.74) is 5.93. The Morgan fingerprint density at radius 1 is 1.33 bits per heavy atom. The highest BCUT2D eigenvalue weighted by molar-refractivity contribution is 9.10. The second kappa shape index (κ2) is 11.6. The zero-order chi connectivity index (χ0) is 15.9. The Morgan fingerprint density at radius 2 is 2.08 bits per heavy atom. The van der Waals surface area contributed by atoms with Gasteiger partial charge < -0.3 is 16.0 Å². The monoisotopic (exact) mass is 440 g/mol. The fourth-order valence-corrected chi connectivity index (χ4v) is 2.99. The number of likely N-dealkylation sites (tertiary alicyclic amines) is 1. The molecule has 1 aromatic heterocycles. The number of nitrogens with zero attached hydrogens (tertiary/aromatic N) is 2. The van der Waals surface area contributed by atoms with Gasteiger partial charge in [-0.1, -0.05) is 0 Å². The van der Waals surface area contributed by atoms with Gasteiger partial charge in [-0.05, 0) is 41.3 Å². The van der Waals surface area contributed by atoms with Crippen LogP contribution in [0.4, 0.5) is 0 Å². The average molecular weight is 442 g/mol. The van der Waals surface area contributed by atoms with Crippen molar-refractivity contribution >= 4 is 52.6 Å². The van der Waals surface area contributed by atoms with E-state index in [9.17, 15) is 9.59 Å². The number of rotatable bonds is 5. The Kier molecular flexibility index (Phi) is 11.2. The summed E-state index contributed by atoms with van der Waals surface area (Å²) in [5, 5.41) is 2.86. The minimum absolute atomic E-state index is 0. The second-order valence-electron chi connectivity index (χ2n) is 5.38. The lowest BCUT2D eigenvalue weighted by Gasteiger charge is -2.36. The van der Waals surface area contributed by atoms with E-state index in [1.165, 1.54) is 0 Å². The van der Waals surface area contributed by atoms with Crippen LogP contribution in [0.25, 0.3) is 0 Å². The number of carbonyl (C=O) groups excluding carboxylic acids is 2. The zero-order valence-corrected chi connectivity index (χ0v) is 16.5. The summed E-state index contributed by atoms with van der Waals surface area (Å²) in [6.45, 7) is 1.53. The van der Waals surface area contributed by atoms with Crippen molar-refractivity contribution in [2.24, 2.45) is 5.73 Å². The van der Waals surface area contributed by atoms with Gasteiger partial charge in [0.1, 0.15) is 0 Å². The maximum Gasteiger partial charge on any atom is 0.255 e. The summed E-state index contributed by atoms with van der Waals surface area (Å²) in [5.74, 6) is -0.101. The molecule has 0 bridgehead atoms. The summed E-state index contributed by atoms with van der Waals surface area (Å²) in [7, 11) is 0. The number of hydrogen-bond acceptors (Lipinski definition) is 4. The van der Waals surface area contributed by atoms with Crippen molar-refractivity contribution in [2.75, 3.05) is 19.6 Å². The number of amides is 2. The Hall–Kier alpha value is -0.890. The second-order valence-corrected chi connectivity index (χ2v) is 6.30. The molecule has 1 fully saturated rings. The van der Waals surface area contributed by atoms with E-state index in [1.807, 2.05) is 4.90 Å². The summed E-state index contributed by atoms with van der Waals surface area (Å²) in [4.78, 5) is 30.1. The molecule has 1 aliphatic heterocycles. The molecule has 0 aliphatic carbocycles. The lowest BCUT2D eigenvalue weighted by atomic mass is 10.0. The summed E-state index contributed by atoms with van der Waals surface area (Å²) in [6, 6.07) is 1.80. The van der Waals surface area contributed by atoms with Gasteiger partial charge in [0.05, 0.1) is 5.56 Å². The summed E-state index contributed by atoms with van der Waals surface area (Å²) >= 11 is 3.33. The molecule has 2 heterocycles. The first kappa shape index (κ1) is 23.1. The number of aromatic nitrogens is 1. The van der Waals surface area contributed by atoms with Crippen molar-refractivity contribution in [1.82, 2.24) is 15.2 Å². The number of nitrogens with one attached hydrogen (secondary N) is 1. The molecule has 1 unspecified atom stereocenters. The van der Waals surface area contributed by atoms with Gasteiger partial charge in [-0.2, -0.15) is 0 Å². The van der Waals surface area contributed by atoms with Crippen LogP contribution in [0.3, 0.4) is 0 Å². The van der Waals surface area contributed by atoms with E-state index in [-0.39, 0.29) is 42.7 Å². The van der Waals surface area contributed by atoms with E-state index >= 15 is 0 Å². The number of carbonyl (C=O) groups is 2. The Bertz CT molecular complexity index is 548. The first-order valence-corrected chi connectivity index (χ1v) is 8.29. The van der Waals surface area contributed by atoms with Crippen LogP contribution in [-0.2, 0) is 4.79 Å². The molecule has 2 amide bonds. The van der Waals surface area contributed by atoms with Gasteiger partial charge >= 0.3 is 0 Å². The van der Waals surface area contributed by atoms with Crippen LogP contribution in [0.1, 0.15) is 36.0 Å². The molecule has 0 radical (unpaired) electrons. The molecule has 136 valence electrons. The highest BCUT2D eigenvalue weighted by Gasteiger charge is 2.27. The molecule has 1 aromatic rings. The SMILES string of the molecule is Cl.Cl.NCCC(=O)NCC1CCCCN1C(=O)c1cncc(Br)c1. The molecule has 1 atom stereocenters. The van der Waals surface area contributed by atoms with Gasteiger partial charge in [0.25, 0.3) is 5.91 Å². The van der Waals surface area contributed by atoms with E-state index in [4.69, 9.17) is 5.73 Å². The molecule has 2 rings (SSSR count). The average Bonchev–Trinajstić information content (AvgIpc) is 2.53. The minimum atomic E-state index is -0.0652. The third-order valence-electron chi connectivity index (χ3n) is 3.75. The maximum absolute atomic E-state index is 12.7. The number of piperidine rings is 1. The topological polar surface area (TPSA) is 88.3 Å². The van der Waals surface area contributed by atoms with Crippen LogP contribution in [0, 0.1) is 0 Å². The molecule has 1 aliphatic rings. The Balaban J connectivity index is 0.00000264. The van der Waals surface area contributed by atoms with Crippen LogP contribution in [0.5, 0.6) is 0 Å². The third kappa shape index (κ3) is 6.55. The number of nitrogens with two attached hydrogens (primary N) is 1. The first-order chi connectivity index (χ1) is 10.6. The first-order valence-electron chi connectivity index (χ1n) is 7.50. The largest absolute Gasteiger partial charge is 0.354 e. The fourth-order valence-electron chi connectivity index (χ4n) is 2.63. The van der Waals surface area contributed by atoms with Crippen LogP contribution in [-0.4, -0.2) is 47.4 Å². The number of hydrogen-bond donors (Lipinski definition) is 2. The van der Waals surface area contributed by atoms with Crippen LogP contribution < -0.4 is 11.1 Å². The lowest BCUT2D eigenvalue weighted by molar-refractivity contribution is -0.121. The summed E-state index contributed by atoms with van der Waals surface area (Å²) < 4.78 is 0.781. The molecule has 6 nitrogen and oxygen atoms in total. The third-order valence-corrected chi connectivity index (χ3v) is 4.18. The van der Waals surface area contributed by atoms with Gasteiger partial charge in [0, 0.05) is 49.0 Å². The van der Waals surface area contributed by atoms with Crippen molar-refractivity contribution in [3.8, 4) is 0 Å². The van der Waals surface area contributed by atoms with Crippen LogP contribution in [0.2, 0.25) is 0 Å². The maximum atomic E-state index is 12.7. The van der Waals surface area contributed by atoms with Gasteiger partial charge in [0.15, 0.2) is 0 Å². The van der Waals surface area contributed by atoms with E-state index in [2.05, 4.69) is 26.2 Å². The molecule has 0 saturated carbocycles. The quantitative estimate of drug-likeness (QED) is 0.732. The van der Waals surface area contributed by atoms with Crippen LogP contribution >= 0.6 is 40.7 Å². The molecule has 0 spiro atoms. The molecule has 3 N–H and O–H groups in total. The van der Waals surface area contributed by atoms with Crippen molar-refractivity contribution in [3.63, 3.8) is 0 Å². The molecular weight excluding hydrogens is 419 g/mol. The molecule has 9 heteroatoms. The van der Waals surface area contributed by atoms with E-state index in [0.717, 1.165) is 23.7 Å². The smallest absolute Gasteiger partial charge is 0.255 e. The molecule has 0 aromatic carbocycles. The van der Waals surface area contributed by atoms with E-state index in [0.29, 0.717) is 31.6 Å². The standard InChI is InChI=1S/C15H21BrN4O2.2ClH/c16-12-7-11(8-18-9-12)15(22)20-6-2-1-3-13(20)10-19-14(21)4-5-17;;/h7-9,13H,1-6,10,17H2,(H,19,21);2*1H. The Labute approximate surface area is 162 Å². The molecule has 24 heavy (non-hydrogen) atoms. The highest BCUT2D eigenvalue weighted by atomic mass is 79.9. The van der Waals surface area contributed by atoms with E-state index in [1.54, 1.807) is 18.5 Å². The van der Waals surface area contributed by atoms with Crippen molar-refractivity contribution in [3.05, 3.63) is 28.5 Å². The van der Waals surface area contributed by atoms with Crippen molar-refractivity contribution < 1.29 is 9.59 Å². The number of halogens is 3. The lowest BCUT2D eigenvalue weighted by Crippen LogP contribution is -2.49. The fraction of sp³-hybridized carbons (Fsp3) is 0.533. The van der Waals surface area contributed by atoms with Crippen LogP contribution in [0.15, 0.2) is 22.9 Å². The predicted molar refractivity (Wildman–Crippen MR) is 102 cm³/mol. The predicted octanol–water partition coefficient (Wildman–Crippen LogP) is 2.15. The summed E-state index contributed by atoms with van der Waals surface area (Å²) in [6.07, 6.45) is 6.49. The van der Waals surface area contributed by atoms with Gasteiger partial charge in [-0.15, -0.1) is 24.8 Å². The minimum Gasteiger partial charge on any atom is -0.354 e. The number of pyridine rings is 1. The van der Waals surface area contributed by atoms with Crippen molar-refractivity contribution in [1.29, 1.82) is 0 Å². The van der Waals surface area contributed by atoms with Gasteiger partial charge in [-0.25, -0.2) is 0 Å². The van der Waals surface area contributed by atoms with E-state index < -0.39 is 0 Å². The normalized spacial score (nSPS) is 16.6.